The lowest BCUT2D eigenvalue weighted by molar-refractivity contribution is -0.234. The molecule has 1 aromatic carbocycles. The molecule has 0 amide bonds. The van der Waals surface area contributed by atoms with Gasteiger partial charge in [-0.05, 0) is 12.1 Å². The van der Waals surface area contributed by atoms with Crippen molar-refractivity contribution in [2.24, 2.45) is 0 Å². The molecule has 1 aromatic rings. The number of nitrogens with one attached hydrogen (secondary N) is 1. The maximum absolute atomic E-state index is 4.74. The van der Waals surface area contributed by atoms with E-state index in [0.29, 0.717) is 5.75 Å². The molecular weight excluding hydrogens is 129 g/mol. The van der Waals surface area contributed by atoms with Gasteiger partial charge in [0.05, 0.1) is 0 Å². The van der Waals surface area contributed by atoms with E-state index in [1.807, 2.05) is 18.2 Å². The lowest BCUT2D eigenvalue weighted by Gasteiger charge is -2.00. The van der Waals surface area contributed by atoms with Crippen LogP contribution < -0.4 is 10.3 Å². The largest absolute Gasteiger partial charge is 0.320 e. The Morgan fingerprint density at radius 2 is 1.90 bits per heavy atom. The second-order valence-corrected chi connectivity index (χ2v) is 1.68. The normalized spacial score (nSPS) is 9.20. The average molecular weight is 137 g/mol. The molecule has 0 bridgehead atoms. The molecule has 0 atom stereocenters. The third-order valence-corrected chi connectivity index (χ3v) is 0.964. The van der Waals surface area contributed by atoms with Crippen LogP contribution in [0.25, 0.3) is 0 Å². The zero-order valence-electron chi connectivity index (χ0n) is 5.70. The van der Waals surface area contributed by atoms with Gasteiger partial charge < -0.3 is 4.89 Å². The summed E-state index contributed by atoms with van der Waals surface area (Å²) in [7, 11) is 1.63. The lowest BCUT2D eigenvalue weighted by atomic mass is 10.3. The van der Waals surface area contributed by atoms with Crippen molar-refractivity contribution in [3.63, 3.8) is 0 Å². The summed E-state index contributed by atoms with van der Waals surface area (Å²) >= 11 is 0. The number of hydrogen-bond donors (Lipinski definition) is 1. The van der Waals surface area contributed by atoms with E-state index in [0.717, 1.165) is 0 Å². The molecule has 0 unspecified atom stereocenters. The molecule has 10 heavy (non-hydrogen) atoms. The van der Waals surface area contributed by atoms with Gasteiger partial charge in [-0.1, -0.05) is 18.2 Å². The first-order chi connectivity index (χ1) is 4.93. The van der Waals surface area contributed by atoms with Gasteiger partial charge in [0.2, 0.25) is 7.98 Å². The highest BCUT2D eigenvalue weighted by atomic mass is 17.3. The van der Waals surface area contributed by atoms with Crippen LogP contribution in [0.4, 0.5) is 0 Å². The molecule has 0 aromatic heterocycles. The van der Waals surface area contributed by atoms with Crippen LogP contribution in [0.2, 0.25) is 0 Å². The minimum absolute atomic E-state index is 0.678. The molecular formula is C6H8BNO2. The Kier molecular flexibility index (Phi) is 2.79. The van der Waals surface area contributed by atoms with Crippen molar-refractivity contribution in [2.45, 2.75) is 0 Å². The van der Waals surface area contributed by atoms with E-state index in [1.54, 1.807) is 20.1 Å². The van der Waals surface area contributed by atoms with Crippen LogP contribution in [0.1, 0.15) is 0 Å². The summed E-state index contributed by atoms with van der Waals surface area (Å²) in [6.07, 6.45) is 0. The summed E-state index contributed by atoms with van der Waals surface area (Å²) in [5.74, 6) is 0.678. The molecule has 0 aliphatic carbocycles. The average Bonchev–Trinajstić information content (AvgIpc) is 2.03. The minimum atomic E-state index is 0.678. The smallest absolute Gasteiger partial charge is 0.222 e. The first-order valence-corrected chi connectivity index (χ1v) is 2.99. The quantitative estimate of drug-likeness (QED) is 0.362. The predicted octanol–water partition coefficient (Wildman–Crippen LogP) is 0.0497. The molecule has 0 radical (unpaired) electrons. The molecule has 4 heteroatoms. The van der Waals surface area contributed by atoms with Gasteiger partial charge in [0.15, 0.2) is 5.75 Å². The van der Waals surface area contributed by atoms with Crippen molar-refractivity contribution in [1.82, 2.24) is 5.39 Å². The Morgan fingerprint density at radius 3 is 2.50 bits per heavy atom. The number of benzene rings is 1. The Hall–Kier alpha value is -0.995. The summed E-state index contributed by atoms with van der Waals surface area (Å²) in [6, 6.07) is 9.25. The van der Waals surface area contributed by atoms with E-state index >= 15 is 0 Å². The van der Waals surface area contributed by atoms with Crippen LogP contribution in [-0.4, -0.2) is 7.98 Å². The molecule has 1 N–H and O–H groups in total. The Morgan fingerprint density at radius 1 is 1.20 bits per heavy atom. The SMILES string of the molecule is BNOOc1ccccc1. The highest BCUT2D eigenvalue weighted by Crippen LogP contribution is 2.07. The molecule has 0 aliphatic heterocycles. The fourth-order valence-corrected chi connectivity index (χ4v) is 0.566. The maximum atomic E-state index is 4.74. The van der Waals surface area contributed by atoms with Gasteiger partial charge in [-0.3, -0.25) is 0 Å². The van der Waals surface area contributed by atoms with Crippen LogP contribution in [0.3, 0.4) is 0 Å². The maximum Gasteiger partial charge on any atom is 0.222 e. The summed E-state index contributed by atoms with van der Waals surface area (Å²) in [5, 5.41) is 2.39. The fourth-order valence-electron chi connectivity index (χ4n) is 0.566. The molecule has 0 heterocycles. The summed E-state index contributed by atoms with van der Waals surface area (Å²) < 4.78 is 0. The van der Waals surface area contributed by atoms with Crippen LogP contribution in [0.15, 0.2) is 30.3 Å². The van der Waals surface area contributed by atoms with Crippen LogP contribution >= 0.6 is 0 Å². The molecule has 52 valence electrons. The monoisotopic (exact) mass is 137 g/mol. The highest BCUT2D eigenvalue weighted by molar-refractivity contribution is 6.03. The van der Waals surface area contributed by atoms with E-state index in [-0.39, 0.29) is 0 Å². The molecule has 0 fully saturated rings. The van der Waals surface area contributed by atoms with Gasteiger partial charge in [0.25, 0.3) is 0 Å². The molecule has 1 rings (SSSR count). The summed E-state index contributed by atoms with van der Waals surface area (Å²) in [5.41, 5.74) is 0. The van der Waals surface area contributed by atoms with Crippen molar-refractivity contribution < 1.29 is 9.88 Å². The second kappa shape index (κ2) is 3.92. The van der Waals surface area contributed by atoms with Gasteiger partial charge in [0.1, 0.15) is 0 Å². The van der Waals surface area contributed by atoms with E-state index in [4.69, 9.17) is 4.89 Å². The van der Waals surface area contributed by atoms with Crippen LogP contribution in [0.5, 0.6) is 5.75 Å². The molecule has 0 saturated heterocycles. The Bertz CT molecular complexity index is 180. The third kappa shape index (κ3) is 2.09. The fraction of sp³-hybridized carbons (Fsp3) is 0. The van der Waals surface area contributed by atoms with Gasteiger partial charge in [-0.15, -0.1) is 4.99 Å². The highest BCUT2D eigenvalue weighted by Gasteiger charge is 1.87. The molecule has 3 nitrogen and oxygen atoms in total. The zero-order valence-corrected chi connectivity index (χ0v) is 5.70. The number of rotatable bonds is 3. The third-order valence-electron chi connectivity index (χ3n) is 0.964. The minimum Gasteiger partial charge on any atom is -0.320 e. The van der Waals surface area contributed by atoms with Gasteiger partial charge in [0, 0.05) is 0 Å². The van der Waals surface area contributed by atoms with Gasteiger partial charge in [-0.2, -0.15) is 0 Å². The van der Waals surface area contributed by atoms with Crippen molar-refractivity contribution in [1.29, 1.82) is 0 Å². The van der Waals surface area contributed by atoms with Crippen molar-refractivity contribution in [3.8, 4) is 5.75 Å². The molecule has 0 aliphatic rings. The summed E-state index contributed by atoms with van der Waals surface area (Å²) in [4.78, 5) is 9.21. The first kappa shape index (κ1) is 7.12. The standard InChI is InChI=1S/C6H8BNO2/c7-8-10-9-6-4-2-1-3-5-6/h1-5,8H,7H2. The predicted molar refractivity (Wildman–Crippen MR) is 39.8 cm³/mol. The van der Waals surface area contributed by atoms with Crippen LogP contribution in [0, 0.1) is 0 Å². The first-order valence-electron chi connectivity index (χ1n) is 2.99. The van der Waals surface area contributed by atoms with Crippen molar-refractivity contribution >= 4 is 7.98 Å². The Labute approximate surface area is 60.3 Å². The van der Waals surface area contributed by atoms with E-state index in [2.05, 4.69) is 10.4 Å². The Balaban J connectivity index is 2.43. The van der Waals surface area contributed by atoms with Crippen molar-refractivity contribution in [3.05, 3.63) is 30.3 Å². The lowest BCUT2D eigenvalue weighted by Crippen LogP contribution is -2.12. The number of para-hydroxylation sites is 1. The molecule has 0 saturated carbocycles. The number of hydrogen-bond acceptors (Lipinski definition) is 3. The summed E-state index contributed by atoms with van der Waals surface area (Å²) in [6.45, 7) is 0. The van der Waals surface area contributed by atoms with Gasteiger partial charge in [-0.25, -0.2) is 5.39 Å². The van der Waals surface area contributed by atoms with Crippen molar-refractivity contribution in [2.75, 3.05) is 0 Å². The topological polar surface area (TPSA) is 30.5 Å². The second-order valence-electron chi connectivity index (χ2n) is 1.68. The van der Waals surface area contributed by atoms with E-state index in [9.17, 15) is 0 Å². The van der Waals surface area contributed by atoms with E-state index < -0.39 is 0 Å². The molecule has 0 spiro atoms. The zero-order chi connectivity index (χ0) is 7.23. The van der Waals surface area contributed by atoms with E-state index in [1.165, 1.54) is 0 Å². The van der Waals surface area contributed by atoms with Gasteiger partial charge >= 0.3 is 0 Å². The van der Waals surface area contributed by atoms with Crippen LogP contribution in [-0.2, 0) is 4.99 Å².